The van der Waals surface area contributed by atoms with E-state index < -0.39 is 22.5 Å². The lowest BCUT2D eigenvalue weighted by Gasteiger charge is -2.62. The van der Waals surface area contributed by atoms with Crippen molar-refractivity contribution >= 4 is 11.8 Å². The number of aliphatic hydroxyl groups excluding tert-OH is 1. The number of hydrogen-bond donors (Lipinski definition) is 1. The maximum Gasteiger partial charge on any atom is 0.307 e. The maximum atomic E-state index is 13.2. The molecule has 1 heterocycles. The normalized spacial score (nSPS) is 41.9. The molecule has 3 aliphatic rings. The van der Waals surface area contributed by atoms with Crippen molar-refractivity contribution in [1.82, 2.24) is 0 Å². The molecule has 2 fully saturated rings. The Hall–Kier alpha value is -1.16. The summed E-state index contributed by atoms with van der Waals surface area (Å²) >= 11 is 0. The lowest BCUT2D eigenvalue weighted by atomic mass is 9.46. The second kappa shape index (κ2) is 5.42. The second-order valence-electron chi connectivity index (χ2n) is 9.09. The molecule has 2 aliphatic carbocycles. The molecule has 4 unspecified atom stereocenters. The lowest BCUT2D eigenvalue weighted by molar-refractivity contribution is -0.235. The fraction of sp³-hybridized carbons (Fsp3) is 0.800. The molecule has 1 N–H and O–H groups in total. The summed E-state index contributed by atoms with van der Waals surface area (Å²) in [6.07, 6.45) is 4.30. The van der Waals surface area contributed by atoms with E-state index in [4.69, 9.17) is 4.74 Å². The van der Waals surface area contributed by atoms with E-state index in [1.54, 1.807) is 6.08 Å². The molecule has 0 amide bonds. The van der Waals surface area contributed by atoms with Crippen LogP contribution in [0.2, 0.25) is 0 Å². The zero-order chi connectivity index (χ0) is 17.9. The number of rotatable bonds is 1. The number of ether oxygens (including phenoxy) is 1. The molecule has 1 aliphatic heterocycles. The first-order valence-electron chi connectivity index (χ1n) is 9.19. The zero-order valence-corrected chi connectivity index (χ0v) is 15.5. The average molecular weight is 334 g/mol. The van der Waals surface area contributed by atoms with Gasteiger partial charge in [-0.1, -0.05) is 40.2 Å². The van der Waals surface area contributed by atoms with Gasteiger partial charge in [-0.25, -0.2) is 0 Å². The van der Waals surface area contributed by atoms with Gasteiger partial charge in [0.2, 0.25) is 0 Å². The Morgan fingerprint density at radius 1 is 1.21 bits per heavy atom. The first kappa shape index (κ1) is 17.7. The molecule has 24 heavy (non-hydrogen) atoms. The summed E-state index contributed by atoms with van der Waals surface area (Å²) < 4.78 is 5.84. The summed E-state index contributed by atoms with van der Waals surface area (Å²) in [5.41, 5.74) is -0.730. The van der Waals surface area contributed by atoms with Crippen LogP contribution in [0.15, 0.2) is 11.6 Å². The Morgan fingerprint density at radius 3 is 2.46 bits per heavy atom. The van der Waals surface area contributed by atoms with Crippen molar-refractivity contribution in [3.05, 3.63) is 11.6 Å². The highest BCUT2D eigenvalue weighted by Crippen LogP contribution is 2.62. The van der Waals surface area contributed by atoms with E-state index in [1.807, 2.05) is 13.8 Å². The molecule has 4 nitrogen and oxygen atoms in total. The van der Waals surface area contributed by atoms with Crippen molar-refractivity contribution in [2.75, 3.05) is 0 Å². The molecule has 0 bridgehead atoms. The summed E-state index contributed by atoms with van der Waals surface area (Å²) in [6, 6.07) is 0. The van der Waals surface area contributed by atoms with Crippen LogP contribution in [0.1, 0.15) is 66.7 Å². The first-order valence-corrected chi connectivity index (χ1v) is 9.19. The smallest absolute Gasteiger partial charge is 0.307 e. The predicted octanol–water partition coefficient (Wildman–Crippen LogP) is 3.42. The van der Waals surface area contributed by atoms with E-state index in [-0.39, 0.29) is 24.1 Å². The van der Waals surface area contributed by atoms with Gasteiger partial charge in [-0.15, -0.1) is 0 Å². The van der Waals surface area contributed by atoms with Crippen molar-refractivity contribution < 1.29 is 19.4 Å². The molecule has 0 radical (unpaired) electrons. The van der Waals surface area contributed by atoms with Crippen LogP contribution in [-0.2, 0) is 14.3 Å². The van der Waals surface area contributed by atoms with Crippen LogP contribution >= 0.6 is 0 Å². The minimum atomic E-state index is -1.05. The van der Waals surface area contributed by atoms with Gasteiger partial charge in [0.25, 0.3) is 0 Å². The Morgan fingerprint density at radius 2 is 1.88 bits per heavy atom. The van der Waals surface area contributed by atoms with Crippen molar-refractivity contribution in [2.45, 2.75) is 78.4 Å². The number of fused-ring (bicyclic) bond motifs is 2. The Kier molecular flexibility index (Phi) is 3.99. The van der Waals surface area contributed by atoms with Crippen molar-refractivity contribution in [2.24, 2.45) is 22.7 Å². The average Bonchev–Trinajstić information content (AvgIpc) is 2.49. The molecule has 4 heteroatoms. The van der Waals surface area contributed by atoms with Crippen LogP contribution in [0.25, 0.3) is 0 Å². The topological polar surface area (TPSA) is 63.6 Å². The largest absolute Gasteiger partial charge is 0.450 e. The highest BCUT2D eigenvalue weighted by molar-refractivity contribution is 6.01. The fourth-order valence-corrected chi connectivity index (χ4v) is 5.45. The molecule has 1 saturated heterocycles. The van der Waals surface area contributed by atoms with Crippen LogP contribution in [0, 0.1) is 22.7 Å². The Labute approximate surface area is 144 Å². The highest BCUT2D eigenvalue weighted by atomic mass is 16.6. The monoisotopic (exact) mass is 334 g/mol. The third kappa shape index (κ3) is 2.22. The van der Waals surface area contributed by atoms with Gasteiger partial charge in [-0.3, -0.25) is 9.59 Å². The van der Waals surface area contributed by atoms with Crippen molar-refractivity contribution in [1.29, 1.82) is 0 Å². The first-order chi connectivity index (χ1) is 11.0. The number of esters is 1. The second-order valence-corrected chi connectivity index (χ2v) is 9.09. The van der Waals surface area contributed by atoms with Gasteiger partial charge in [0.1, 0.15) is 0 Å². The van der Waals surface area contributed by atoms with Crippen LogP contribution in [0.3, 0.4) is 0 Å². The van der Waals surface area contributed by atoms with Crippen LogP contribution < -0.4 is 0 Å². The SMILES string of the molecule is CC(C)C1=CC(=O)C2(CC1)OC(=O)CC1C(C)(C)C(O)CCC12C. The predicted molar refractivity (Wildman–Crippen MR) is 91.2 cm³/mol. The van der Waals surface area contributed by atoms with Gasteiger partial charge in [-0.05, 0) is 49.0 Å². The molecule has 3 rings (SSSR count). The summed E-state index contributed by atoms with van der Waals surface area (Å²) in [5, 5.41) is 10.5. The zero-order valence-electron chi connectivity index (χ0n) is 15.5. The molecule has 134 valence electrons. The van der Waals surface area contributed by atoms with E-state index in [9.17, 15) is 14.7 Å². The third-order valence-electron chi connectivity index (χ3n) is 7.27. The number of ketones is 1. The molecular weight excluding hydrogens is 304 g/mol. The van der Waals surface area contributed by atoms with Crippen molar-refractivity contribution in [3.63, 3.8) is 0 Å². The highest BCUT2D eigenvalue weighted by Gasteiger charge is 2.67. The summed E-state index contributed by atoms with van der Waals surface area (Å²) in [4.78, 5) is 25.6. The van der Waals surface area contributed by atoms with E-state index in [0.29, 0.717) is 25.2 Å². The number of hydrogen-bond acceptors (Lipinski definition) is 4. The molecule has 0 aromatic heterocycles. The molecule has 4 atom stereocenters. The number of aliphatic hydroxyl groups is 1. The molecule has 0 aromatic rings. The number of carbonyl (C=O) groups excluding carboxylic acids is 2. The van der Waals surface area contributed by atoms with Crippen molar-refractivity contribution in [3.8, 4) is 0 Å². The molecule has 0 aromatic carbocycles. The quantitative estimate of drug-likeness (QED) is 0.746. The van der Waals surface area contributed by atoms with Gasteiger partial charge in [0.15, 0.2) is 11.4 Å². The van der Waals surface area contributed by atoms with Crippen LogP contribution in [0.4, 0.5) is 0 Å². The van der Waals surface area contributed by atoms with Crippen LogP contribution in [0.5, 0.6) is 0 Å². The Balaban J connectivity index is 2.08. The Bertz CT molecular complexity index is 603. The van der Waals surface area contributed by atoms with Gasteiger partial charge in [0, 0.05) is 11.8 Å². The van der Waals surface area contributed by atoms with Gasteiger partial charge in [0.05, 0.1) is 6.10 Å². The van der Waals surface area contributed by atoms with Crippen LogP contribution in [-0.4, -0.2) is 28.6 Å². The number of carbonyl (C=O) groups is 2. The third-order valence-corrected chi connectivity index (χ3v) is 7.27. The maximum absolute atomic E-state index is 13.2. The molecule has 1 saturated carbocycles. The molecular formula is C20H30O4. The minimum Gasteiger partial charge on any atom is -0.450 e. The van der Waals surface area contributed by atoms with Gasteiger partial charge >= 0.3 is 5.97 Å². The van der Waals surface area contributed by atoms with E-state index >= 15 is 0 Å². The van der Waals surface area contributed by atoms with Gasteiger partial charge < -0.3 is 9.84 Å². The minimum absolute atomic E-state index is 0.0482. The summed E-state index contributed by atoms with van der Waals surface area (Å²) in [6.45, 7) is 10.3. The van der Waals surface area contributed by atoms with E-state index in [0.717, 1.165) is 12.0 Å². The summed E-state index contributed by atoms with van der Waals surface area (Å²) in [7, 11) is 0. The van der Waals surface area contributed by atoms with Gasteiger partial charge in [-0.2, -0.15) is 0 Å². The van der Waals surface area contributed by atoms with E-state index in [2.05, 4.69) is 20.8 Å². The fourth-order valence-electron chi connectivity index (χ4n) is 5.45. The lowest BCUT2D eigenvalue weighted by Crippen LogP contribution is -2.68. The number of allylic oxidation sites excluding steroid dienone is 1. The molecule has 1 spiro atoms. The standard InChI is InChI=1S/C20H30O4/c1-12(2)13-6-9-20(16(22)10-13)19(5)8-7-15(21)18(3,4)14(19)11-17(23)24-20/h10,12,14-15,21H,6-9,11H2,1-5H3. The van der Waals surface area contributed by atoms with E-state index in [1.165, 1.54) is 0 Å². The summed E-state index contributed by atoms with van der Waals surface area (Å²) in [5.74, 6) is -0.0636.